The Morgan fingerprint density at radius 3 is 1.67 bits per heavy atom. The molecule has 0 heterocycles. The zero-order valence-corrected chi connectivity index (χ0v) is 32.8. The highest BCUT2D eigenvalue weighted by molar-refractivity contribution is 6.11. The summed E-state index contributed by atoms with van der Waals surface area (Å²) in [6, 6.07) is 70.3. The maximum Gasteiger partial charge on any atom is 0.0546 e. The van der Waals surface area contributed by atoms with E-state index in [9.17, 15) is 0 Å². The lowest BCUT2D eigenvalue weighted by Gasteiger charge is -2.30. The summed E-state index contributed by atoms with van der Waals surface area (Å²) in [5.41, 5.74) is 19.0. The van der Waals surface area contributed by atoms with Gasteiger partial charge in [-0.1, -0.05) is 179 Å². The van der Waals surface area contributed by atoms with Crippen molar-refractivity contribution in [2.45, 2.75) is 38.5 Å². The van der Waals surface area contributed by atoms with Crippen LogP contribution in [0.25, 0.3) is 66.1 Å². The van der Waals surface area contributed by atoms with E-state index in [4.69, 9.17) is 0 Å². The summed E-state index contributed by atoms with van der Waals surface area (Å²) in [5, 5.41) is 4.95. The molecule has 0 saturated heterocycles. The van der Waals surface area contributed by atoms with E-state index in [1.165, 1.54) is 88.3 Å². The van der Waals surface area contributed by atoms with E-state index >= 15 is 0 Å². The second-order valence-corrected chi connectivity index (χ2v) is 16.9. The van der Waals surface area contributed by atoms with E-state index in [0.717, 1.165) is 17.1 Å². The molecular formula is C56H43N. The Balaban J connectivity index is 1.16. The van der Waals surface area contributed by atoms with Gasteiger partial charge in [0, 0.05) is 27.8 Å². The first kappa shape index (κ1) is 33.6. The second-order valence-electron chi connectivity index (χ2n) is 16.9. The van der Waals surface area contributed by atoms with Crippen LogP contribution in [0.5, 0.6) is 0 Å². The van der Waals surface area contributed by atoms with E-state index < -0.39 is 0 Å². The van der Waals surface area contributed by atoms with Gasteiger partial charge in [-0.2, -0.15) is 0 Å². The normalized spacial score (nSPS) is 14.2. The van der Waals surface area contributed by atoms with Crippen LogP contribution in [0, 0.1) is 0 Å². The van der Waals surface area contributed by atoms with Gasteiger partial charge in [-0.25, -0.2) is 0 Å². The molecule has 272 valence electrons. The third-order valence-corrected chi connectivity index (χ3v) is 13.1. The fourth-order valence-electron chi connectivity index (χ4n) is 10.2. The van der Waals surface area contributed by atoms with E-state index in [0.29, 0.717) is 0 Å². The molecule has 0 fully saturated rings. The molecule has 2 aliphatic carbocycles. The molecule has 9 aromatic rings. The smallest absolute Gasteiger partial charge is 0.0546 e. The molecule has 9 aromatic carbocycles. The number of fused-ring (bicyclic) bond motifs is 8. The zero-order valence-electron chi connectivity index (χ0n) is 32.8. The molecule has 11 rings (SSSR count). The van der Waals surface area contributed by atoms with Crippen LogP contribution in [-0.2, 0) is 10.8 Å². The zero-order chi connectivity index (χ0) is 38.5. The summed E-state index contributed by atoms with van der Waals surface area (Å²) in [4.78, 5) is 2.51. The van der Waals surface area contributed by atoms with E-state index in [2.05, 4.69) is 221 Å². The second kappa shape index (κ2) is 12.4. The highest BCUT2D eigenvalue weighted by Gasteiger charge is 2.37. The fourth-order valence-corrected chi connectivity index (χ4v) is 10.2. The van der Waals surface area contributed by atoms with E-state index in [1.54, 1.807) is 0 Å². The van der Waals surface area contributed by atoms with Crippen LogP contribution in [-0.4, -0.2) is 0 Å². The van der Waals surface area contributed by atoms with Crippen molar-refractivity contribution in [2.24, 2.45) is 0 Å². The van der Waals surface area contributed by atoms with Crippen LogP contribution in [0.15, 0.2) is 188 Å². The maximum absolute atomic E-state index is 2.51. The number of hydrogen-bond acceptors (Lipinski definition) is 1. The predicted octanol–water partition coefficient (Wildman–Crippen LogP) is 15.4. The highest BCUT2D eigenvalue weighted by atomic mass is 15.1. The number of benzene rings is 9. The Morgan fingerprint density at radius 2 is 0.877 bits per heavy atom. The van der Waals surface area contributed by atoms with Gasteiger partial charge in [0.05, 0.1) is 5.69 Å². The van der Waals surface area contributed by atoms with Gasteiger partial charge in [-0.05, 0) is 119 Å². The molecule has 1 heteroatoms. The Morgan fingerprint density at radius 1 is 0.333 bits per heavy atom. The maximum atomic E-state index is 2.51. The van der Waals surface area contributed by atoms with Gasteiger partial charge in [0.1, 0.15) is 0 Å². The summed E-state index contributed by atoms with van der Waals surface area (Å²) < 4.78 is 0. The lowest BCUT2D eigenvalue weighted by molar-refractivity contribution is 0.660. The molecule has 0 aliphatic heterocycles. The minimum atomic E-state index is -0.0761. The first-order valence-electron chi connectivity index (χ1n) is 20.2. The molecule has 0 unspecified atom stereocenters. The van der Waals surface area contributed by atoms with E-state index in [1.807, 2.05) is 0 Å². The molecule has 0 amide bonds. The third-order valence-electron chi connectivity index (χ3n) is 13.1. The van der Waals surface area contributed by atoms with Crippen LogP contribution in [0.4, 0.5) is 17.1 Å². The average molecular weight is 730 g/mol. The molecule has 57 heavy (non-hydrogen) atoms. The first-order valence-corrected chi connectivity index (χ1v) is 20.2. The molecule has 0 atom stereocenters. The van der Waals surface area contributed by atoms with Gasteiger partial charge in [0.15, 0.2) is 0 Å². The SMILES string of the molecule is CC1(C)c2ccccc2-c2cc(N(c3cccc(-c4ccc5c(c4)C(C)(C)c4ccccc4-5)c3)c3ccc4ccccc4c3-c3cccc4ccccc34)ccc21. The number of nitrogens with zero attached hydrogens (tertiary/aromatic N) is 1. The van der Waals surface area contributed by atoms with Crippen molar-refractivity contribution in [1.29, 1.82) is 0 Å². The van der Waals surface area contributed by atoms with Gasteiger partial charge in [0.2, 0.25) is 0 Å². The molecule has 0 spiro atoms. The van der Waals surface area contributed by atoms with Crippen LogP contribution < -0.4 is 4.90 Å². The van der Waals surface area contributed by atoms with Crippen molar-refractivity contribution in [1.82, 2.24) is 0 Å². The standard InChI is InChI=1S/C56H43N/c1-55(2)50-26-12-10-23-45(50)48-35-41(29-31-51(48)55)57(53-32-28-37-16-6-8-21-43(37)54(53)47-24-14-17-36-15-5-7-20-42(36)47)40-19-13-18-38(33-40)39-27-30-46-44-22-9-11-25-49(44)56(3,4)52(46)34-39/h5-35H,1-4H3. The van der Waals surface area contributed by atoms with Crippen molar-refractivity contribution in [2.75, 3.05) is 4.90 Å². The van der Waals surface area contributed by atoms with Crippen LogP contribution in [0.3, 0.4) is 0 Å². The topological polar surface area (TPSA) is 3.24 Å². The summed E-state index contributed by atoms with van der Waals surface area (Å²) in [6.07, 6.45) is 0. The molecule has 2 aliphatic rings. The van der Waals surface area contributed by atoms with Gasteiger partial charge in [0.25, 0.3) is 0 Å². The molecule has 0 saturated carbocycles. The molecule has 0 N–H and O–H groups in total. The lowest BCUT2D eigenvalue weighted by Crippen LogP contribution is -2.15. The molecule has 0 radical (unpaired) electrons. The van der Waals surface area contributed by atoms with Crippen molar-refractivity contribution >= 4 is 38.6 Å². The Kier molecular flexibility index (Phi) is 7.32. The molecule has 0 aromatic heterocycles. The van der Waals surface area contributed by atoms with Gasteiger partial charge >= 0.3 is 0 Å². The Hall–Kier alpha value is -6.70. The summed E-state index contributed by atoms with van der Waals surface area (Å²) in [5.74, 6) is 0. The minimum Gasteiger partial charge on any atom is -0.310 e. The third kappa shape index (κ3) is 5.02. The molecule has 1 nitrogen and oxygen atoms in total. The summed E-state index contributed by atoms with van der Waals surface area (Å²) in [6.45, 7) is 9.44. The number of rotatable bonds is 5. The predicted molar refractivity (Wildman–Crippen MR) is 242 cm³/mol. The Bertz CT molecular complexity index is 3080. The largest absolute Gasteiger partial charge is 0.310 e. The summed E-state index contributed by atoms with van der Waals surface area (Å²) in [7, 11) is 0. The quantitative estimate of drug-likeness (QED) is 0.170. The monoisotopic (exact) mass is 729 g/mol. The molecular weight excluding hydrogens is 687 g/mol. The average Bonchev–Trinajstić information content (AvgIpc) is 3.62. The Labute approximate surface area is 335 Å². The highest BCUT2D eigenvalue weighted by Crippen LogP contribution is 2.53. The summed E-state index contributed by atoms with van der Waals surface area (Å²) >= 11 is 0. The van der Waals surface area contributed by atoms with Crippen LogP contribution in [0.2, 0.25) is 0 Å². The van der Waals surface area contributed by atoms with Crippen molar-refractivity contribution in [3.63, 3.8) is 0 Å². The van der Waals surface area contributed by atoms with Crippen LogP contribution in [0.1, 0.15) is 49.9 Å². The van der Waals surface area contributed by atoms with Crippen molar-refractivity contribution < 1.29 is 0 Å². The fraction of sp³-hybridized carbons (Fsp3) is 0.107. The lowest BCUT2D eigenvalue weighted by atomic mass is 9.81. The van der Waals surface area contributed by atoms with Gasteiger partial charge < -0.3 is 4.90 Å². The van der Waals surface area contributed by atoms with Gasteiger partial charge in [-0.3, -0.25) is 0 Å². The number of anilines is 3. The van der Waals surface area contributed by atoms with Crippen molar-refractivity contribution in [3.8, 4) is 44.5 Å². The minimum absolute atomic E-state index is 0.0709. The molecule has 0 bridgehead atoms. The van der Waals surface area contributed by atoms with Crippen LogP contribution >= 0.6 is 0 Å². The number of hydrogen-bond donors (Lipinski definition) is 0. The van der Waals surface area contributed by atoms with Crippen molar-refractivity contribution in [3.05, 3.63) is 210 Å². The van der Waals surface area contributed by atoms with Gasteiger partial charge in [-0.15, -0.1) is 0 Å². The first-order chi connectivity index (χ1) is 27.8. The van der Waals surface area contributed by atoms with E-state index in [-0.39, 0.29) is 10.8 Å².